The molecule has 1 amide bonds. The van der Waals surface area contributed by atoms with Gasteiger partial charge in [0.1, 0.15) is 0 Å². The first-order chi connectivity index (χ1) is 10.6. The number of likely N-dealkylation sites (tertiary alicyclic amines) is 1. The topological polar surface area (TPSA) is 72.1 Å². The predicted octanol–water partition coefficient (Wildman–Crippen LogP) is 2.42. The molecule has 0 N–H and O–H groups in total. The lowest BCUT2D eigenvalue weighted by molar-refractivity contribution is -0.133. The van der Waals surface area contributed by atoms with Crippen molar-refractivity contribution in [2.75, 3.05) is 13.1 Å². The quantitative estimate of drug-likeness (QED) is 0.870. The monoisotopic (exact) mass is 300 g/mol. The van der Waals surface area contributed by atoms with Crippen molar-refractivity contribution >= 4 is 5.91 Å². The first kappa shape index (κ1) is 14.7. The van der Waals surface area contributed by atoms with E-state index in [0.29, 0.717) is 24.7 Å². The number of amides is 1. The smallest absolute Gasteiger partial charge is 0.258 e. The van der Waals surface area contributed by atoms with Gasteiger partial charge in [-0.25, -0.2) is 0 Å². The minimum Gasteiger partial charge on any atom is -0.342 e. The van der Waals surface area contributed by atoms with Gasteiger partial charge in [0.25, 0.3) is 5.89 Å². The Morgan fingerprint density at radius 2 is 2.18 bits per heavy atom. The molecule has 1 atom stereocenters. The lowest BCUT2D eigenvalue weighted by Crippen LogP contribution is -2.47. The number of aromatic nitrogens is 3. The molecular formula is C16H20N4O2. The molecule has 3 rings (SSSR count). The van der Waals surface area contributed by atoms with Crippen molar-refractivity contribution < 1.29 is 9.32 Å². The maximum absolute atomic E-state index is 12.0. The molecule has 1 unspecified atom stereocenters. The Morgan fingerprint density at radius 1 is 1.41 bits per heavy atom. The number of hydrogen-bond donors (Lipinski definition) is 0. The van der Waals surface area contributed by atoms with Crippen LogP contribution in [0.15, 0.2) is 29.0 Å². The van der Waals surface area contributed by atoms with Crippen LogP contribution in [0, 0.1) is 0 Å². The van der Waals surface area contributed by atoms with Crippen LogP contribution in [0.2, 0.25) is 0 Å². The van der Waals surface area contributed by atoms with Gasteiger partial charge in [0.2, 0.25) is 5.91 Å². The molecule has 0 spiro atoms. The Balaban J connectivity index is 1.84. The van der Waals surface area contributed by atoms with Crippen molar-refractivity contribution in [2.45, 2.75) is 38.5 Å². The fourth-order valence-corrected chi connectivity index (χ4v) is 2.94. The second kappa shape index (κ2) is 5.87. The molecule has 6 nitrogen and oxygen atoms in total. The van der Waals surface area contributed by atoms with Crippen LogP contribution in [0.5, 0.6) is 0 Å². The van der Waals surface area contributed by atoms with E-state index in [0.717, 1.165) is 24.9 Å². The van der Waals surface area contributed by atoms with Crippen LogP contribution in [0.4, 0.5) is 0 Å². The Labute approximate surface area is 129 Å². The average molecular weight is 300 g/mol. The van der Waals surface area contributed by atoms with E-state index in [1.54, 1.807) is 12.4 Å². The zero-order chi connectivity index (χ0) is 15.6. The SMILES string of the molecule is CCC(=O)N1CCCC(C)(c2noc(-c3ccncc3)n2)C1. The van der Waals surface area contributed by atoms with E-state index in [1.165, 1.54) is 0 Å². The molecule has 1 aliphatic rings. The fourth-order valence-electron chi connectivity index (χ4n) is 2.94. The van der Waals surface area contributed by atoms with Gasteiger partial charge in [0.15, 0.2) is 5.82 Å². The van der Waals surface area contributed by atoms with Crippen LogP contribution in [0.3, 0.4) is 0 Å². The van der Waals surface area contributed by atoms with Crippen molar-refractivity contribution in [1.82, 2.24) is 20.0 Å². The highest BCUT2D eigenvalue weighted by Gasteiger charge is 2.38. The Kier molecular flexibility index (Phi) is 3.92. The van der Waals surface area contributed by atoms with Crippen molar-refractivity contribution in [3.05, 3.63) is 30.4 Å². The molecule has 1 fully saturated rings. The summed E-state index contributed by atoms with van der Waals surface area (Å²) in [5.74, 6) is 1.36. The van der Waals surface area contributed by atoms with Crippen molar-refractivity contribution in [3.8, 4) is 11.5 Å². The second-order valence-corrected chi connectivity index (χ2v) is 5.99. The van der Waals surface area contributed by atoms with Crippen molar-refractivity contribution in [1.29, 1.82) is 0 Å². The standard InChI is InChI=1S/C16H20N4O2/c1-3-13(21)20-10-4-7-16(2,11-20)15-18-14(22-19-15)12-5-8-17-9-6-12/h5-6,8-9H,3-4,7,10-11H2,1-2H3. The average Bonchev–Trinajstić information content (AvgIpc) is 3.06. The van der Waals surface area contributed by atoms with Gasteiger partial charge >= 0.3 is 0 Å². The van der Waals surface area contributed by atoms with Gasteiger partial charge < -0.3 is 9.42 Å². The third kappa shape index (κ3) is 2.73. The van der Waals surface area contributed by atoms with Gasteiger partial charge in [-0.1, -0.05) is 19.0 Å². The molecule has 6 heteroatoms. The third-order valence-corrected chi connectivity index (χ3v) is 4.24. The summed E-state index contributed by atoms with van der Waals surface area (Å²) in [4.78, 5) is 22.4. The molecule has 1 saturated heterocycles. The van der Waals surface area contributed by atoms with E-state index in [-0.39, 0.29) is 11.3 Å². The third-order valence-electron chi connectivity index (χ3n) is 4.24. The molecule has 0 radical (unpaired) electrons. The largest absolute Gasteiger partial charge is 0.342 e. The summed E-state index contributed by atoms with van der Waals surface area (Å²) in [5, 5.41) is 4.16. The van der Waals surface area contributed by atoms with Gasteiger partial charge in [-0.05, 0) is 25.0 Å². The summed E-state index contributed by atoms with van der Waals surface area (Å²) in [5.41, 5.74) is 0.604. The van der Waals surface area contributed by atoms with Gasteiger partial charge in [-0.2, -0.15) is 4.98 Å². The van der Waals surface area contributed by atoms with Gasteiger partial charge in [0.05, 0.1) is 0 Å². The van der Waals surface area contributed by atoms with E-state index < -0.39 is 0 Å². The fraction of sp³-hybridized carbons (Fsp3) is 0.500. The number of pyridine rings is 1. The van der Waals surface area contributed by atoms with Crippen LogP contribution < -0.4 is 0 Å². The summed E-state index contributed by atoms with van der Waals surface area (Å²) in [6.45, 7) is 5.46. The van der Waals surface area contributed by atoms with E-state index in [2.05, 4.69) is 22.0 Å². The minimum atomic E-state index is -0.252. The Morgan fingerprint density at radius 3 is 2.91 bits per heavy atom. The van der Waals surface area contributed by atoms with Crippen LogP contribution >= 0.6 is 0 Å². The second-order valence-electron chi connectivity index (χ2n) is 5.99. The minimum absolute atomic E-state index is 0.184. The molecule has 0 saturated carbocycles. The van der Waals surface area contributed by atoms with E-state index in [9.17, 15) is 4.79 Å². The van der Waals surface area contributed by atoms with Crippen molar-refractivity contribution in [2.24, 2.45) is 0 Å². The predicted molar refractivity (Wildman–Crippen MR) is 81.0 cm³/mol. The molecule has 22 heavy (non-hydrogen) atoms. The van der Waals surface area contributed by atoms with Crippen LogP contribution in [0.1, 0.15) is 38.9 Å². The number of rotatable bonds is 3. The molecule has 0 aromatic carbocycles. The van der Waals surface area contributed by atoms with Crippen LogP contribution in [0.25, 0.3) is 11.5 Å². The first-order valence-corrected chi connectivity index (χ1v) is 7.65. The number of hydrogen-bond acceptors (Lipinski definition) is 5. The number of nitrogens with zero attached hydrogens (tertiary/aromatic N) is 4. The van der Waals surface area contributed by atoms with E-state index in [1.807, 2.05) is 24.0 Å². The van der Waals surface area contributed by atoms with E-state index >= 15 is 0 Å². The van der Waals surface area contributed by atoms with E-state index in [4.69, 9.17) is 4.52 Å². The number of carbonyl (C=O) groups is 1. The van der Waals surface area contributed by atoms with Crippen LogP contribution in [-0.4, -0.2) is 39.0 Å². The molecule has 0 bridgehead atoms. The molecule has 2 aromatic rings. The van der Waals surface area contributed by atoms with Gasteiger partial charge in [-0.15, -0.1) is 0 Å². The molecule has 3 heterocycles. The first-order valence-electron chi connectivity index (χ1n) is 7.65. The highest BCUT2D eigenvalue weighted by Crippen LogP contribution is 2.33. The zero-order valence-electron chi connectivity index (χ0n) is 13.0. The molecule has 2 aromatic heterocycles. The summed E-state index contributed by atoms with van der Waals surface area (Å²) in [7, 11) is 0. The van der Waals surface area contributed by atoms with Gasteiger partial charge in [0, 0.05) is 42.9 Å². The Hall–Kier alpha value is -2.24. The molecular weight excluding hydrogens is 280 g/mol. The highest BCUT2D eigenvalue weighted by atomic mass is 16.5. The molecule has 1 aliphatic heterocycles. The maximum Gasteiger partial charge on any atom is 0.258 e. The lowest BCUT2D eigenvalue weighted by Gasteiger charge is -2.38. The molecule has 116 valence electrons. The normalized spacial score (nSPS) is 21.8. The lowest BCUT2D eigenvalue weighted by atomic mass is 9.81. The zero-order valence-corrected chi connectivity index (χ0v) is 13.0. The van der Waals surface area contributed by atoms with Crippen molar-refractivity contribution in [3.63, 3.8) is 0 Å². The highest BCUT2D eigenvalue weighted by molar-refractivity contribution is 5.76. The summed E-state index contributed by atoms with van der Waals surface area (Å²) < 4.78 is 5.40. The number of piperidine rings is 1. The van der Waals surface area contributed by atoms with Gasteiger partial charge in [-0.3, -0.25) is 9.78 Å². The molecule has 0 aliphatic carbocycles. The maximum atomic E-state index is 12.0. The summed E-state index contributed by atoms with van der Waals surface area (Å²) >= 11 is 0. The summed E-state index contributed by atoms with van der Waals surface area (Å²) in [6.07, 6.45) is 5.84. The number of carbonyl (C=O) groups excluding carboxylic acids is 1. The Bertz CT molecular complexity index is 655. The van der Waals surface area contributed by atoms with Crippen LogP contribution in [-0.2, 0) is 10.2 Å². The summed E-state index contributed by atoms with van der Waals surface area (Å²) in [6, 6.07) is 3.68.